The van der Waals surface area contributed by atoms with Crippen molar-refractivity contribution in [2.45, 2.75) is 12.7 Å². The topological polar surface area (TPSA) is 31.2 Å². The highest BCUT2D eigenvalue weighted by atomic mass is 79.9. The summed E-state index contributed by atoms with van der Waals surface area (Å²) in [7, 11) is 1.41. The lowest BCUT2D eigenvalue weighted by atomic mass is 10.2. The number of pyridine rings is 1. The van der Waals surface area contributed by atoms with E-state index in [-0.39, 0.29) is 17.6 Å². The van der Waals surface area contributed by atoms with E-state index in [9.17, 15) is 18.0 Å². The molecule has 1 rings (SSSR count). The number of hydrogen-bond acceptors (Lipinski definition) is 2. The third-order valence-corrected chi connectivity index (χ3v) is 2.33. The van der Waals surface area contributed by atoms with Gasteiger partial charge >= 0.3 is 6.18 Å². The molecular formula is C9H9BrF3NO2. The van der Waals surface area contributed by atoms with Crippen LogP contribution in [0.4, 0.5) is 13.2 Å². The predicted octanol–water partition coefficient (Wildman–Crippen LogP) is 2.28. The Morgan fingerprint density at radius 2 is 2.12 bits per heavy atom. The lowest BCUT2D eigenvalue weighted by molar-refractivity contribution is -0.139. The molecule has 7 heteroatoms. The van der Waals surface area contributed by atoms with Crippen LogP contribution < -0.4 is 5.56 Å². The number of rotatable bonds is 3. The summed E-state index contributed by atoms with van der Waals surface area (Å²) < 4.78 is 43.3. The summed E-state index contributed by atoms with van der Waals surface area (Å²) in [6, 6.07) is 0.769. The van der Waals surface area contributed by atoms with Crippen molar-refractivity contribution in [3.63, 3.8) is 0 Å². The zero-order valence-corrected chi connectivity index (χ0v) is 9.93. The second-order valence-corrected chi connectivity index (χ2v) is 3.98. The van der Waals surface area contributed by atoms with Crippen LogP contribution in [0, 0.1) is 0 Å². The van der Waals surface area contributed by atoms with E-state index in [4.69, 9.17) is 4.74 Å². The van der Waals surface area contributed by atoms with Crippen LogP contribution in [0.3, 0.4) is 0 Å². The third-order valence-electron chi connectivity index (χ3n) is 1.89. The Hall–Kier alpha value is -0.820. The van der Waals surface area contributed by atoms with E-state index >= 15 is 0 Å². The molecule has 0 aliphatic heterocycles. The van der Waals surface area contributed by atoms with E-state index in [1.54, 1.807) is 0 Å². The van der Waals surface area contributed by atoms with Crippen molar-refractivity contribution in [3.8, 4) is 0 Å². The molecular weight excluding hydrogens is 291 g/mol. The van der Waals surface area contributed by atoms with Gasteiger partial charge in [0.15, 0.2) is 0 Å². The van der Waals surface area contributed by atoms with Gasteiger partial charge in [0, 0.05) is 24.3 Å². The van der Waals surface area contributed by atoms with Gasteiger partial charge in [-0.25, -0.2) is 0 Å². The summed E-state index contributed by atoms with van der Waals surface area (Å²) in [5.41, 5.74) is -2.24. The number of hydrogen-bond donors (Lipinski definition) is 0. The first-order chi connectivity index (χ1) is 7.36. The number of ether oxygens (including phenoxy) is 1. The largest absolute Gasteiger partial charge is 0.421 e. The SMILES string of the molecule is COCCn1cc(Br)cc(C(F)(F)F)c1=O. The number of halogens is 4. The fourth-order valence-corrected chi connectivity index (χ4v) is 1.63. The molecule has 1 heterocycles. The first kappa shape index (κ1) is 13.2. The third kappa shape index (κ3) is 3.08. The number of aromatic nitrogens is 1. The zero-order valence-electron chi connectivity index (χ0n) is 8.34. The zero-order chi connectivity index (χ0) is 12.3. The van der Waals surface area contributed by atoms with E-state index in [2.05, 4.69) is 15.9 Å². The summed E-state index contributed by atoms with van der Waals surface area (Å²) >= 11 is 2.93. The van der Waals surface area contributed by atoms with E-state index in [1.807, 2.05) is 0 Å². The van der Waals surface area contributed by atoms with Crippen molar-refractivity contribution >= 4 is 15.9 Å². The Kier molecular flexibility index (Phi) is 4.15. The van der Waals surface area contributed by atoms with Crippen molar-refractivity contribution in [3.05, 3.63) is 32.7 Å². The van der Waals surface area contributed by atoms with Crippen LogP contribution in [-0.4, -0.2) is 18.3 Å². The van der Waals surface area contributed by atoms with Crippen molar-refractivity contribution in [2.24, 2.45) is 0 Å². The molecule has 0 aliphatic rings. The van der Waals surface area contributed by atoms with E-state index < -0.39 is 17.3 Å². The quantitative estimate of drug-likeness (QED) is 0.857. The van der Waals surface area contributed by atoms with Crippen molar-refractivity contribution in [1.29, 1.82) is 0 Å². The summed E-state index contributed by atoms with van der Waals surface area (Å²) in [5.74, 6) is 0. The first-order valence-electron chi connectivity index (χ1n) is 4.32. The van der Waals surface area contributed by atoms with Gasteiger partial charge in [0.25, 0.3) is 5.56 Å². The fourth-order valence-electron chi connectivity index (χ4n) is 1.16. The molecule has 0 fully saturated rings. The van der Waals surface area contributed by atoms with Gasteiger partial charge in [-0.2, -0.15) is 13.2 Å². The van der Waals surface area contributed by atoms with Gasteiger partial charge in [-0.1, -0.05) is 0 Å². The minimum atomic E-state index is -4.64. The summed E-state index contributed by atoms with van der Waals surface area (Å²) in [5, 5.41) is 0. The van der Waals surface area contributed by atoms with Crippen LogP contribution in [0.25, 0.3) is 0 Å². The molecule has 1 aromatic heterocycles. The maximum Gasteiger partial charge on any atom is 0.421 e. The molecule has 3 nitrogen and oxygen atoms in total. The molecule has 0 amide bonds. The molecule has 90 valence electrons. The molecule has 0 atom stereocenters. The van der Waals surface area contributed by atoms with Gasteiger partial charge in [-0.3, -0.25) is 4.79 Å². The molecule has 0 radical (unpaired) electrons. The van der Waals surface area contributed by atoms with Gasteiger partial charge < -0.3 is 9.30 Å². The van der Waals surface area contributed by atoms with Crippen LogP contribution in [0.15, 0.2) is 21.5 Å². The van der Waals surface area contributed by atoms with Crippen molar-refractivity contribution < 1.29 is 17.9 Å². The van der Waals surface area contributed by atoms with Crippen LogP contribution in [0.1, 0.15) is 5.56 Å². The molecule has 1 aromatic rings. The maximum atomic E-state index is 12.5. The van der Waals surface area contributed by atoms with E-state index in [0.29, 0.717) is 0 Å². The van der Waals surface area contributed by atoms with Crippen LogP contribution in [-0.2, 0) is 17.5 Å². The molecule has 0 aromatic carbocycles. The fraction of sp³-hybridized carbons (Fsp3) is 0.444. The molecule has 0 aliphatic carbocycles. The summed E-state index contributed by atoms with van der Waals surface area (Å²) in [4.78, 5) is 11.4. The predicted molar refractivity (Wildman–Crippen MR) is 55.3 cm³/mol. The molecule has 0 N–H and O–H groups in total. The number of nitrogens with zero attached hydrogens (tertiary/aromatic N) is 1. The second kappa shape index (κ2) is 5.01. The maximum absolute atomic E-state index is 12.5. The average molecular weight is 300 g/mol. The standard InChI is InChI=1S/C9H9BrF3NO2/c1-16-3-2-14-5-6(10)4-7(8(14)15)9(11,12)13/h4-5H,2-3H2,1H3. The Morgan fingerprint density at radius 3 is 2.62 bits per heavy atom. The summed E-state index contributed by atoms with van der Waals surface area (Å²) in [6.45, 7) is 0.255. The lowest BCUT2D eigenvalue weighted by Gasteiger charge is -2.11. The van der Waals surface area contributed by atoms with E-state index in [0.717, 1.165) is 10.6 Å². The van der Waals surface area contributed by atoms with Gasteiger partial charge in [0.1, 0.15) is 5.56 Å². The first-order valence-corrected chi connectivity index (χ1v) is 5.11. The van der Waals surface area contributed by atoms with Gasteiger partial charge in [-0.05, 0) is 22.0 Å². The van der Waals surface area contributed by atoms with Gasteiger partial charge in [0.05, 0.1) is 6.61 Å². The molecule has 0 saturated heterocycles. The van der Waals surface area contributed by atoms with Crippen molar-refractivity contribution in [2.75, 3.05) is 13.7 Å². The minimum Gasteiger partial charge on any atom is -0.383 e. The van der Waals surface area contributed by atoms with Crippen molar-refractivity contribution in [1.82, 2.24) is 4.57 Å². The van der Waals surface area contributed by atoms with Crippen LogP contribution in [0.2, 0.25) is 0 Å². The van der Waals surface area contributed by atoms with Crippen LogP contribution >= 0.6 is 15.9 Å². The Bertz CT molecular complexity index is 428. The molecule has 0 spiro atoms. The molecule has 0 bridgehead atoms. The number of alkyl halides is 3. The second-order valence-electron chi connectivity index (χ2n) is 3.06. The average Bonchev–Trinajstić information content (AvgIpc) is 2.17. The normalized spacial score (nSPS) is 11.8. The smallest absolute Gasteiger partial charge is 0.383 e. The van der Waals surface area contributed by atoms with Crippen LogP contribution in [0.5, 0.6) is 0 Å². The highest BCUT2D eigenvalue weighted by Crippen LogP contribution is 2.28. The molecule has 0 unspecified atom stereocenters. The van der Waals surface area contributed by atoms with Gasteiger partial charge in [-0.15, -0.1) is 0 Å². The number of methoxy groups -OCH3 is 1. The molecule has 0 saturated carbocycles. The Balaban J connectivity index is 3.22. The Morgan fingerprint density at radius 1 is 1.50 bits per heavy atom. The van der Waals surface area contributed by atoms with E-state index in [1.165, 1.54) is 13.3 Å². The highest BCUT2D eigenvalue weighted by Gasteiger charge is 2.34. The highest BCUT2D eigenvalue weighted by molar-refractivity contribution is 9.10. The lowest BCUT2D eigenvalue weighted by Crippen LogP contribution is -2.29. The molecule has 16 heavy (non-hydrogen) atoms. The Labute approximate surface area is 98.0 Å². The van der Waals surface area contributed by atoms with Gasteiger partial charge in [0.2, 0.25) is 0 Å². The monoisotopic (exact) mass is 299 g/mol. The summed E-state index contributed by atoms with van der Waals surface area (Å²) in [6.07, 6.45) is -3.34. The minimum absolute atomic E-state index is 0.0812.